The van der Waals surface area contributed by atoms with Crippen LogP contribution in [0.3, 0.4) is 0 Å². The van der Waals surface area contributed by atoms with Crippen LogP contribution in [0.15, 0.2) is 0 Å². The van der Waals surface area contributed by atoms with E-state index in [0.29, 0.717) is 0 Å². The van der Waals surface area contributed by atoms with Gasteiger partial charge in [-0.1, -0.05) is 98.3 Å². The predicted octanol–water partition coefficient (Wildman–Crippen LogP) is 6.40. The molecule has 0 aromatic carbocycles. The highest BCUT2D eigenvalue weighted by molar-refractivity contribution is 4.64. The van der Waals surface area contributed by atoms with E-state index < -0.39 is 0 Å². The zero-order valence-electron chi connectivity index (χ0n) is 12.6. The van der Waals surface area contributed by atoms with Crippen LogP contribution in [-0.4, -0.2) is 0 Å². The lowest BCUT2D eigenvalue weighted by Crippen LogP contribution is -2.07. The highest BCUT2D eigenvalue weighted by Gasteiger charge is 2.09. The molecule has 0 saturated carbocycles. The molecule has 0 aliphatic heterocycles. The van der Waals surface area contributed by atoms with Crippen molar-refractivity contribution in [3.8, 4) is 0 Å². The third kappa shape index (κ3) is 10.9. The van der Waals surface area contributed by atoms with Crippen molar-refractivity contribution < 1.29 is 0 Å². The van der Waals surface area contributed by atoms with Crippen LogP contribution in [0.2, 0.25) is 0 Å². The van der Waals surface area contributed by atoms with Crippen molar-refractivity contribution in [2.45, 2.75) is 91.4 Å². The van der Waals surface area contributed by atoms with Crippen LogP contribution in [0.5, 0.6) is 0 Å². The Morgan fingerprint density at radius 1 is 0.765 bits per heavy atom. The summed E-state index contributed by atoms with van der Waals surface area (Å²) in [4.78, 5) is 0. The molecule has 0 bridgehead atoms. The maximum Gasteiger partial charge on any atom is -0.0391 e. The van der Waals surface area contributed by atoms with Crippen LogP contribution < -0.4 is 0 Å². The molecule has 0 aliphatic rings. The van der Waals surface area contributed by atoms with Crippen LogP contribution in [0.1, 0.15) is 91.4 Å². The summed E-state index contributed by atoms with van der Waals surface area (Å²) >= 11 is 0. The summed E-state index contributed by atoms with van der Waals surface area (Å²) in [6.07, 6.45) is 15.5. The summed E-state index contributed by atoms with van der Waals surface area (Å²) in [7, 11) is 0. The first-order valence-electron chi connectivity index (χ1n) is 8.01. The molecule has 0 aromatic rings. The molecule has 0 nitrogen and oxygen atoms in total. The largest absolute Gasteiger partial charge is 0.0654 e. The summed E-state index contributed by atoms with van der Waals surface area (Å²) in [6, 6.07) is 0. The SMILES string of the molecule is [CH2]CC(CCCCCCCCCCC)C(C)C. The van der Waals surface area contributed by atoms with Crippen LogP contribution in [-0.2, 0) is 0 Å². The molecule has 0 spiro atoms. The van der Waals surface area contributed by atoms with Gasteiger partial charge in [0.2, 0.25) is 0 Å². The Bertz CT molecular complexity index is 137. The van der Waals surface area contributed by atoms with E-state index >= 15 is 0 Å². The van der Waals surface area contributed by atoms with Crippen molar-refractivity contribution in [1.29, 1.82) is 0 Å². The third-order valence-electron chi connectivity index (χ3n) is 3.99. The molecule has 0 fully saturated rings. The minimum atomic E-state index is 0.821. The van der Waals surface area contributed by atoms with Crippen LogP contribution in [0.25, 0.3) is 0 Å². The van der Waals surface area contributed by atoms with E-state index in [-0.39, 0.29) is 0 Å². The molecule has 0 N–H and O–H groups in total. The fourth-order valence-electron chi connectivity index (χ4n) is 2.53. The molecule has 0 heteroatoms. The standard InChI is InChI=1S/C17H35/c1-5-7-8-9-10-11-12-13-14-15-17(6-2)16(3)4/h16-17H,2,5-15H2,1,3-4H3. The smallest absolute Gasteiger partial charge is 0.0391 e. The number of hydrogen-bond acceptors (Lipinski definition) is 0. The Morgan fingerprint density at radius 2 is 1.24 bits per heavy atom. The van der Waals surface area contributed by atoms with Gasteiger partial charge in [0.1, 0.15) is 0 Å². The summed E-state index contributed by atoms with van der Waals surface area (Å²) in [5.74, 6) is 1.68. The van der Waals surface area contributed by atoms with E-state index in [0.717, 1.165) is 18.3 Å². The Kier molecular flexibility index (Phi) is 12.5. The lowest BCUT2D eigenvalue weighted by Gasteiger charge is -2.18. The van der Waals surface area contributed by atoms with Gasteiger partial charge in [-0.15, -0.1) is 0 Å². The zero-order valence-corrected chi connectivity index (χ0v) is 12.6. The number of hydrogen-bond donors (Lipinski definition) is 0. The predicted molar refractivity (Wildman–Crippen MR) is 80.1 cm³/mol. The summed E-state index contributed by atoms with van der Waals surface area (Å²) in [6.45, 7) is 11.0. The van der Waals surface area contributed by atoms with E-state index in [1.54, 1.807) is 0 Å². The van der Waals surface area contributed by atoms with E-state index in [1.165, 1.54) is 64.2 Å². The van der Waals surface area contributed by atoms with Gasteiger partial charge in [-0.25, -0.2) is 0 Å². The first-order chi connectivity index (χ1) is 8.22. The lowest BCUT2D eigenvalue weighted by molar-refractivity contribution is 0.347. The molecule has 17 heavy (non-hydrogen) atoms. The Hall–Kier alpha value is 0. The minimum Gasteiger partial charge on any atom is -0.0654 e. The van der Waals surface area contributed by atoms with Gasteiger partial charge in [0.15, 0.2) is 0 Å². The second kappa shape index (κ2) is 12.5. The highest BCUT2D eigenvalue weighted by Crippen LogP contribution is 2.22. The van der Waals surface area contributed by atoms with Gasteiger partial charge < -0.3 is 0 Å². The monoisotopic (exact) mass is 239 g/mol. The van der Waals surface area contributed by atoms with Crippen LogP contribution in [0, 0.1) is 18.8 Å². The highest BCUT2D eigenvalue weighted by atomic mass is 14.2. The Morgan fingerprint density at radius 3 is 1.65 bits per heavy atom. The fourth-order valence-corrected chi connectivity index (χ4v) is 2.53. The first-order valence-corrected chi connectivity index (χ1v) is 8.01. The van der Waals surface area contributed by atoms with Gasteiger partial charge in [0, 0.05) is 0 Å². The maximum absolute atomic E-state index is 4.06. The van der Waals surface area contributed by atoms with Crippen LogP contribution >= 0.6 is 0 Å². The van der Waals surface area contributed by atoms with Crippen molar-refractivity contribution in [3.05, 3.63) is 6.92 Å². The molecule has 1 radical (unpaired) electrons. The zero-order chi connectivity index (χ0) is 12.9. The molecule has 0 rings (SSSR count). The average molecular weight is 239 g/mol. The molecular formula is C17H35. The molecule has 103 valence electrons. The normalized spacial score (nSPS) is 13.2. The molecule has 1 atom stereocenters. The Labute approximate surface area is 111 Å². The molecule has 0 aromatic heterocycles. The second-order valence-electron chi connectivity index (χ2n) is 5.91. The van der Waals surface area contributed by atoms with Gasteiger partial charge in [0.05, 0.1) is 0 Å². The van der Waals surface area contributed by atoms with Crippen molar-refractivity contribution in [2.24, 2.45) is 11.8 Å². The number of unbranched alkanes of at least 4 members (excludes halogenated alkanes) is 8. The van der Waals surface area contributed by atoms with Crippen molar-refractivity contribution >= 4 is 0 Å². The van der Waals surface area contributed by atoms with E-state index in [9.17, 15) is 0 Å². The maximum atomic E-state index is 4.06. The third-order valence-corrected chi connectivity index (χ3v) is 3.99. The summed E-state index contributed by atoms with van der Waals surface area (Å²) in [5.41, 5.74) is 0. The summed E-state index contributed by atoms with van der Waals surface area (Å²) in [5, 5.41) is 0. The average Bonchev–Trinajstić information content (AvgIpc) is 2.31. The van der Waals surface area contributed by atoms with Gasteiger partial charge >= 0.3 is 0 Å². The topological polar surface area (TPSA) is 0 Å². The molecule has 1 unspecified atom stereocenters. The van der Waals surface area contributed by atoms with Crippen molar-refractivity contribution in [3.63, 3.8) is 0 Å². The van der Waals surface area contributed by atoms with Crippen molar-refractivity contribution in [1.82, 2.24) is 0 Å². The second-order valence-corrected chi connectivity index (χ2v) is 5.91. The van der Waals surface area contributed by atoms with Gasteiger partial charge in [-0.2, -0.15) is 0 Å². The molecule has 0 amide bonds. The first kappa shape index (κ1) is 17.0. The molecular weight excluding hydrogens is 204 g/mol. The van der Waals surface area contributed by atoms with E-state index in [2.05, 4.69) is 27.7 Å². The van der Waals surface area contributed by atoms with Gasteiger partial charge in [-0.3, -0.25) is 0 Å². The molecule has 0 heterocycles. The van der Waals surface area contributed by atoms with Crippen LogP contribution in [0.4, 0.5) is 0 Å². The molecule has 0 aliphatic carbocycles. The van der Waals surface area contributed by atoms with Gasteiger partial charge in [-0.05, 0) is 11.8 Å². The quantitative estimate of drug-likeness (QED) is 0.345. The fraction of sp³-hybridized carbons (Fsp3) is 0.941. The van der Waals surface area contributed by atoms with E-state index in [4.69, 9.17) is 0 Å². The minimum absolute atomic E-state index is 0.821. The summed E-state index contributed by atoms with van der Waals surface area (Å²) < 4.78 is 0. The van der Waals surface area contributed by atoms with E-state index in [1.807, 2.05) is 0 Å². The molecule has 0 saturated heterocycles. The van der Waals surface area contributed by atoms with Gasteiger partial charge in [0.25, 0.3) is 0 Å². The number of rotatable bonds is 12. The van der Waals surface area contributed by atoms with Crippen molar-refractivity contribution in [2.75, 3.05) is 0 Å². The Balaban J connectivity index is 3.17. The lowest BCUT2D eigenvalue weighted by atomic mass is 9.88.